The third-order valence-corrected chi connectivity index (χ3v) is 5.76. The van der Waals surface area contributed by atoms with E-state index >= 15 is 4.39 Å². The van der Waals surface area contributed by atoms with Crippen molar-refractivity contribution in [3.63, 3.8) is 0 Å². The first kappa shape index (κ1) is 25.8. The number of anilines is 1. The van der Waals surface area contributed by atoms with Crippen molar-refractivity contribution in [3.8, 4) is 17.1 Å². The van der Waals surface area contributed by atoms with Gasteiger partial charge >= 0.3 is 6.18 Å². The molecule has 3 aromatic rings. The van der Waals surface area contributed by atoms with Gasteiger partial charge in [-0.3, -0.25) is 4.79 Å². The molecule has 0 bridgehead atoms. The molecule has 1 fully saturated rings. The van der Waals surface area contributed by atoms with E-state index in [-0.39, 0.29) is 28.3 Å². The fourth-order valence-corrected chi connectivity index (χ4v) is 3.59. The topological polar surface area (TPSA) is 89.3 Å². The number of benzene rings is 2. The number of aliphatic hydroxyl groups is 1. The molecule has 1 aliphatic carbocycles. The molecule has 1 aliphatic rings. The van der Waals surface area contributed by atoms with Crippen LogP contribution in [0.1, 0.15) is 55.0 Å². The van der Waals surface area contributed by atoms with E-state index in [1.54, 1.807) is 0 Å². The second-order valence-corrected chi connectivity index (χ2v) is 8.73. The van der Waals surface area contributed by atoms with E-state index < -0.39 is 52.9 Å². The number of nitrogens with zero attached hydrogens (tertiary/aromatic N) is 3. The van der Waals surface area contributed by atoms with Crippen LogP contribution in [-0.2, 0) is 0 Å². The van der Waals surface area contributed by atoms with Crippen molar-refractivity contribution in [2.45, 2.75) is 51.1 Å². The van der Waals surface area contributed by atoms with Gasteiger partial charge in [-0.1, -0.05) is 17.7 Å². The van der Waals surface area contributed by atoms with Crippen molar-refractivity contribution >= 4 is 23.2 Å². The highest BCUT2D eigenvalue weighted by Crippen LogP contribution is 2.38. The summed E-state index contributed by atoms with van der Waals surface area (Å²) in [4.78, 5) is 17.0. The normalized spacial score (nSPS) is 15.5. The number of aliphatic hydroxyl groups excluding tert-OH is 1. The lowest BCUT2D eigenvalue weighted by atomic mass is 10.1. The summed E-state index contributed by atoms with van der Waals surface area (Å²) in [6.07, 6.45) is -6.65. The molecule has 7 nitrogen and oxygen atoms in total. The van der Waals surface area contributed by atoms with Gasteiger partial charge in [0.25, 0.3) is 5.91 Å². The maximum atomic E-state index is 15.2. The van der Waals surface area contributed by atoms with Crippen molar-refractivity contribution in [1.82, 2.24) is 14.8 Å². The lowest BCUT2D eigenvalue weighted by Crippen LogP contribution is -2.32. The zero-order chi connectivity index (χ0) is 26.4. The van der Waals surface area contributed by atoms with E-state index in [4.69, 9.17) is 16.3 Å². The van der Waals surface area contributed by atoms with Gasteiger partial charge in [0.15, 0.2) is 17.8 Å². The van der Waals surface area contributed by atoms with Gasteiger partial charge < -0.3 is 15.2 Å². The molecule has 1 aromatic heterocycles. The Bertz CT molecular complexity index is 1270. The highest BCUT2D eigenvalue weighted by molar-refractivity contribution is 6.34. The molecule has 1 amide bonds. The first-order valence-electron chi connectivity index (χ1n) is 10.8. The van der Waals surface area contributed by atoms with Crippen LogP contribution < -0.4 is 10.1 Å². The van der Waals surface area contributed by atoms with Crippen molar-refractivity contribution in [2.24, 2.45) is 0 Å². The summed E-state index contributed by atoms with van der Waals surface area (Å²) >= 11 is 5.91. The first-order chi connectivity index (χ1) is 16.9. The molecule has 0 radical (unpaired) electrons. The Morgan fingerprint density at radius 3 is 2.50 bits per heavy atom. The summed E-state index contributed by atoms with van der Waals surface area (Å²) in [6.45, 7) is 2.16. The number of hydrogen-bond acceptors (Lipinski definition) is 5. The molecule has 0 spiro atoms. The Balaban J connectivity index is 1.79. The molecule has 2 atom stereocenters. The molecule has 1 unspecified atom stereocenters. The lowest BCUT2D eigenvalue weighted by Gasteiger charge is -2.20. The minimum Gasteiger partial charge on any atom is -0.480 e. The van der Waals surface area contributed by atoms with Crippen LogP contribution in [0.15, 0.2) is 30.3 Å². The number of carbonyl (C=O) groups excluding carboxylic acids is 1. The first-order valence-corrected chi connectivity index (χ1v) is 11.2. The predicted octanol–water partition coefficient (Wildman–Crippen LogP) is 5.85. The highest BCUT2D eigenvalue weighted by atomic mass is 35.5. The molecule has 1 saturated carbocycles. The third kappa shape index (κ3) is 5.29. The van der Waals surface area contributed by atoms with Crippen LogP contribution in [-0.4, -0.2) is 38.1 Å². The number of halogens is 6. The predicted molar refractivity (Wildman–Crippen MR) is 120 cm³/mol. The van der Waals surface area contributed by atoms with Crippen LogP contribution in [0.4, 0.5) is 27.6 Å². The number of hydrogen-bond donors (Lipinski definition) is 2. The van der Waals surface area contributed by atoms with Gasteiger partial charge in [-0.15, -0.1) is 0 Å². The molecule has 192 valence electrons. The summed E-state index contributed by atoms with van der Waals surface area (Å²) in [5.74, 6) is -3.78. The van der Waals surface area contributed by atoms with Gasteiger partial charge in [0.05, 0.1) is 27.9 Å². The van der Waals surface area contributed by atoms with Gasteiger partial charge in [0, 0.05) is 0 Å². The van der Waals surface area contributed by atoms with E-state index in [0.29, 0.717) is 13.0 Å². The molecule has 2 N–H and O–H groups in total. The standard InChI is InChI=1S/C23H20ClF5N4O3/c1-10(34)21-31-20(32-33(21)12-6-7-12)13-9-18(36-11(2)23(27,28)29)14(8-17(13)26)22(35)30-19-15(24)4-3-5-16(19)25/h3-5,8-12,34H,6-7H2,1-2H3,(H,30,35)/t10-,11?/m0/s1. The molecule has 36 heavy (non-hydrogen) atoms. The van der Waals surface area contributed by atoms with Gasteiger partial charge in [-0.05, 0) is 51.0 Å². The number of aromatic nitrogens is 3. The number of para-hydroxylation sites is 1. The monoisotopic (exact) mass is 530 g/mol. The Morgan fingerprint density at radius 2 is 1.92 bits per heavy atom. The quantitative estimate of drug-likeness (QED) is 0.374. The number of amides is 1. The fourth-order valence-electron chi connectivity index (χ4n) is 3.38. The van der Waals surface area contributed by atoms with Crippen LogP contribution in [0.3, 0.4) is 0 Å². The Morgan fingerprint density at radius 1 is 1.22 bits per heavy atom. The van der Waals surface area contributed by atoms with E-state index in [1.807, 2.05) is 0 Å². The molecule has 0 saturated heterocycles. The largest absolute Gasteiger partial charge is 0.480 e. The fraction of sp³-hybridized carbons (Fsp3) is 0.348. The minimum absolute atomic E-state index is 0.0320. The summed E-state index contributed by atoms with van der Waals surface area (Å²) < 4.78 is 75.5. The number of alkyl halides is 3. The minimum atomic E-state index is -4.80. The average molecular weight is 531 g/mol. The highest BCUT2D eigenvalue weighted by Gasteiger charge is 2.39. The number of ether oxygens (including phenoxy) is 1. The van der Waals surface area contributed by atoms with Crippen molar-refractivity contribution < 1.29 is 36.6 Å². The number of carbonyl (C=O) groups is 1. The van der Waals surface area contributed by atoms with Crippen LogP contribution in [0.25, 0.3) is 11.4 Å². The third-order valence-electron chi connectivity index (χ3n) is 5.44. The van der Waals surface area contributed by atoms with Gasteiger partial charge in [0.2, 0.25) is 0 Å². The zero-order valence-corrected chi connectivity index (χ0v) is 19.7. The van der Waals surface area contributed by atoms with Crippen molar-refractivity contribution in [3.05, 3.63) is 58.4 Å². The van der Waals surface area contributed by atoms with Crippen molar-refractivity contribution in [2.75, 3.05) is 5.32 Å². The van der Waals surface area contributed by atoms with E-state index in [1.165, 1.54) is 23.7 Å². The van der Waals surface area contributed by atoms with E-state index in [0.717, 1.165) is 25.0 Å². The SMILES string of the molecule is CC(Oc1cc(-c2nc([C@H](C)O)n(C3CC3)n2)c(F)cc1C(=O)Nc1c(F)cccc1Cl)C(F)(F)F. The van der Waals surface area contributed by atoms with E-state index in [2.05, 4.69) is 15.4 Å². The van der Waals surface area contributed by atoms with Crippen LogP contribution in [0.5, 0.6) is 5.75 Å². The Hall–Kier alpha value is -3.25. The second-order valence-electron chi connectivity index (χ2n) is 8.33. The summed E-state index contributed by atoms with van der Waals surface area (Å²) in [7, 11) is 0. The molecular weight excluding hydrogens is 511 g/mol. The van der Waals surface area contributed by atoms with Crippen molar-refractivity contribution in [1.29, 1.82) is 0 Å². The maximum Gasteiger partial charge on any atom is 0.425 e. The molecule has 2 aromatic carbocycles. The van der Waals surface area contributed by atoms with Gasteiger partial charge in [-0.2, -0.15) is 18.3 Å². The van der Waals surface area contributed by atoms with Gasteiger partial charge in [-0.25, -0.2) is 18.4 Å². The maximum absolute atomic E-state index is 15.2. The second kappa shape index (κ2) is 9.66. The van der Waals surface area contributed by atoms with Crippen LogP contribution in [0.2, 0.25) is 5.02 Å². The average Bonchev–Trinajstić information content (AvgIpc) is 3.54. The molecule has 4 rings (SSSR count). The number of rotatable bonds is 7. The number of nitrogens with one attached hydrogen (secondary N) is 1. The molecule has 1 heterocycles. The molecule has 0 aliphatic heterocycles. The Kier molecular flexibility index (Phi) is 6.93. The Labute approximate surface area is 206 Å². The molecule has 13 heteroatoms. The molecular formula is C23H20ClF5N4O3. The van der Waals surface area contributed by atoms with E-state index in [9.17, 15) is 27.5 Å². The summed E-state index contributed by atoms with van der Waals surface area (Å²) in [5, 5.41) is 16.2. The van der Waals surface area contributed by atoms with Crippen LogP contribution in [0, 0.1) is 11.6 Å². The van der Waals surface area contributed by atoms with Crippen LogP contribution >= 0.6 is 11.6 Å². The zero-order valence-electron chi connectivity index (χ0n) is 18.9. The summed E-state index contributed by atoms with van der Waals surface area (Å²) in [6, 6.07) is 5.07. The smallest absolute Gasteiger partial charge is 0.425 e. The lowest BCUT2D eigenvalue weighted by molar-refractivity contribution is -0.189. The summed E-state index contributed by atoms with van der Waals surface area (Å²) in [5.41, 5.74) is -1.42. The van der Waals surface area contributed by atoms with Gasteiger partial charge in [0.1, 0.15) is 23.5 Å².